The van der Waals surface area contributed by atoms with E-state index in [0.717, 1.165) is 5.41 Å². The minimum Gasteiger partial charge on any atom is -0.465 e. The molecule has 1 heterocycles. The highest BCUT2D eigenvalue weighted by Gasteiger charge is 2.36. The number of nitro groups is 1. The molecule has 1 fully saturated rings. The molecule has 40 heavy (non-hydrogen) atoms. The molecule has 1 saturated heterocycles. The first-order chi connectivity index (χ1) is 19.1. The lowest BCUT2D eigenvalue weighted by molar-refractivity contribution is -0.384. The number of carbonyl (C=O) groups is 2. The molecule has 1 aliphatic rings. The zero-order valence-electron chi connectivity index (χ0n) is 21.5. The molecule has 10 nitrogen and oxygen atoms in total. The molecule has 3 aromatic rings. The SMILES string of the molecule is COC(=O)c1ccc(CN(C2CCN(C(=O)c3ccc([N+](=O)[O-])cc3)C2)S(=O)(=O)C=Cc2ccc(Cl)cc2)cc1. The van der Waals surface area contributed by atoms with Crippen LogP contribution in [-0.4, -0.2) is 60.7 Å². The van der Waals surface area contributed by atoms with Crippen molar-refractivity contribution in [2.45, 2.75) is 19.0 Å². The number of non-ortho nitro benzene ring substituents is 1. The molecule has 208 valence electrons. The van der Waals surface area contributed by atoms with Gasteiger partial charge in [0.25, 0.3) is 11.6 Å². The van der Waals surface area contributed by atoms with Gasteiger partial charge in [0.05, 0.1) is 17.6 Å². The van der Waals surface area contributed by atoms with Gasteiger partial charge in [-0.15, -0.1) is 0 Å². The Morgan fingerprint density at radius 3 is 2.27 bits per heavy atom. The van der Waals surface area contributed by atoms with Gasteiger partial charge in [-0.3, -0.25) is 14.9 Å². The topological polar surface area (TPSA) is 127 Å². The zero-order chi connectivity index (χ0) is 28.9. The lowest BCUT2D eigenvalue weighted by Gasteiger charge is -2.27. The van der Waals surface area contributed by atoms with E-state index in [2.05, 4.69) is 0 Å². The highest BCUT2D eigenvalue weighted by Crippen LogP contribution is 2.25. The molecule has 0 saturated carbocycles. The molecule has 4 rings (SSSR count). The molecule has 0 spiro atoms. The summed E-state index contributed by atoms with van der Waals surface area (Å²) in [6.45, 7) is 0.470. The molecule has 3 aromatic carbocycles. The van der Waals surface area contributed by atoms with Gasteiger partial charge >= 0.3 is 5.97 Å². The molecule has 0 N–H and O–H groups in total. The number of hydrogen-bond acceptors (Lipinski definition) is 7. The minimum absolute atomic E-state index is 0.0129. The van der Waals surface area contributed by atoms with Gasteiger partial charge in [-0.25, -0.2) is 13.2 Å². The number of esters is 1. The number of amides is 1. The van der Waals surface area contributed by atoms with Crippen LogP contribution in [0, 0.1) is 10.1 Å². The van der Waals surface area contributed by atoms with Crippen LogP contribution in [0.4, 0.5) is 5.69 Å². The molecule has 1 amide bonds. The van der Waals surface area contributed by atoms with Gasteiger partial charge in [-0.1, -0.05) is 35.9 Å². The molecule has 0 bridgehead atoms. The Labute approximate surface area is 236 Å². The lowest BCUT2D eigenvalue weighted by Crippen LogP contribution is -2.41. The van der Waals surface area contributed by atoms with Gasteiger partial charge in [-0.05, 0) is 60.0 Å². The van der Waals surface area contributed by atoms with Crippen LogP contribution < -0.4 is 0 Å². The van der Waals surface area contributed by atoms with Crippen LogP contribution in [-0.2, 0) is 21.3 Å². The fourth-order valence-electron chi connectivity index (χ4n) is 4.36. The molecular formula is C28H26ClN3O7S. The van der Waals surface area contributed by atoms with Crippen LogP contribution in [0.15, 0.2) is 78.2 Å². The molecule has 0 radical (unpaired) electrons. The number of halogens is 1. The Morgan fingerprint density at radius 1 is 1.05 bits per heavy atom. The Hall–Kier alpha value is -4.06. The van der Waals surface area contributed by atoms with E-state index in [-0.39, 0.29) is 30.2 Å². The maximum Gasteiger partial charge on any atom is 0.337 e. The van der Waals surface area contributed by atoms with Gasteiger partial charge < -0.3 is 9.64 Å². The Kier molecular flexibility index (Phi) is 8.98. The highest BCUT2D eigenvalue weighted by molar-refractivity contribution is 7.92. The van der Waals surface area contributed by atoms with E-state index in [9.17, 15) is 28.1 Å². The molecule has 1 unspecified atom stereocenters. The largest absolute Gasteiger partial charge is 0.465 e. The average Bonchev–Trinajstić information content (AvgIpc) is 3.45. The second kappa shape index (κ2) is 12.4. The summed E-state index contributed by atoms with van der Waals surface area (Å²) in [5.74, 6) is -0.841. The summed E-state index contributed by atoms with van der Waals surface area (Å²) >= 11 is 5.93. The molecule has 1 atom stereocenters. The van der Waals surface area contributed by atoms with Crippen molar-refractivity contribution in [3.8, 4) is 0 Å². The molecular weight excluding hydrogens is 558 g/mol. The first-order valence-electron chi connectivity index (χ1n) is 12.2. The molecule has 1 aliphatic heterocycles. The summed E-state index contributed by atoms with van der Waals surface area (Å²) in [4.78, 5) is 36.8. The number of hydrogen-bond donors (Lipinski definition) is 0. The third-order valence-electron chi connectivity index (χ3n) is 6.53. The van der Waals surface area contributed by atoms with Gasteiger partial charge in [-0.2, -0.15) is 4.31 Å². The number of rotatable bonds is 9. The Bertz CT molecular complexity index is 1520. The summed E-state index contributed by atoms with van der Waals surface area (Å²) in [6.07, 6.45) is 1.88. The fraction of sp³-hybridized carbons (Fsp3) is 0.214. The number of nitrogens with zero attached hydrogens (tertiary/aromatic N) is 3. The van der Waals surface area contributed by atoms with Crippen LogP contribution in [0.3, 0.4) is 0 Å². The second-order valence-corrected chi connectivity index (χ2v) is 11.3. The molecule has 12 heteroatoms. The number of carbonyl (C=O) groups excluding carboxylic acids is 2. The van der Waals surface area contributed by atoms with Crippen molar-refractivity contribution in [3.05, 3.63) is 116 Å². The van der Waals surface area contributed by atoms with Crippen molar-refractivity contribution >= 4 is 45.3 Å². The van der Waals surface area contributed by atoms with Gasteiger partial charge in [0.2, 0.25) is 10.0 Å². The number of likely N-dealkylation sites (tertiary alicyclic amines) is 1. The molecule has 0 aromatic heterocycles. The average molecular weight is 584 g/mol. The number of nitro benzene ring substituents is 1. The van der Waals surface area contributed by atoms with Gasteiger partial charge in [0.1, 0.15) is 0 Å². The van der Waals surface area contributed by atoms with Crippen LogP contribution in [0.2, 0.25) is 5.02 Å². The van der Waals surface area contributed by atoms with E-state index < -0.39 is 27.0 Å². The Morgan fingerprint density at radius 2 is 1.68 bits per heavy atom. The third kappa shape index (κ3) is 6.92. The fourth-order valence-corrected chi connectivity index (χ4v) is 5.89. The summed E-state index contributed by atoms with van der Waals surface area (Å²) in [5, 5.41) is 12.6. The van der Waals surface area contributed by atoms with Crippen molar-refractivity contribution in [1.29, 1.82) is 0 Å². The summed E-state index contributed by atoms with van der Waals surface area (Å²) in [6, 6.07) is 17.9. The van der Waals surface area contributed by atoms with Crippen LogP contribution in [0.1, 0.15) is 38.3 Å². The van der Waals surface area contributed by atoms with E-state index in [0.29, 0.717) is 34.7 Å². The quantitative estimate of drug-likeness (QED) is 0.202. The standard InChI is InChI=1S/C28H26ClN3O7S/c1-39-28(34)23-6-2-21(3-7-23)18-31(40(37,38)17-15-20-4-10-24(29)11-5-20)26-14-16-30(19-26)27(33)22-8-12-25(13-9-22)32(35)36/h2-13,15,17,26H,14,16,18-19H2,1H3. The minimum atomic E-state index is -3.96. The van der Waals surface area contributed by atoms with Crippen LogP contribution >= 0.6 is 11.6 Å². The maximum atomic E-state index is 13.6. The number of sulfonamides is 1. The van der Waals surface area contributed by atoms with E-state index in [4.69, 9.17) is 16.3 Å². The van der Waals surface area contributed by atoms with E-state index >= 15 is 0 Å². The first-order valence-corrected chi connectivity index (χ1v) is 14.1. The monoisotopic (exact) mass is 583 g/mol. The summed E-state index contributed by atoms with van der Waals surface area (Å²) in [5.41, 5.74) is 1.79. The van der Waals surface area contributed by atoms with Gasteiger partial charge in [0.15, 0.2) is 0 Å². The van der Waals surface area contributed by atoms with Crippen molar-refractivity contribution in [2.75, 3.05) is 20.2 Å². The van der Waals surface area contributed by atoms with E-state index in [1.807, 2.05) is 0 Å². The van der Waals surface area contributed by atoms with Crippen molar-refractivity contribution in [3.63, 3.8) is 0 Å². The lowest BCUT2D eigenvalue weighted by atomic mass is 10.1. The summed E-state index contributed by atoms with van der Waals surface area (Å²) in [7, 11) is -2.68. The van der Waals surface area contributed by atoms with Crippen molar-refractivity contribution < 1.29 is 27.7 Å². The zero-order valence-corrected chi connectivity index (χ0v) is 23.0. The highest BCUT2D eigenvalue weighted by atomic mass is 35.5. The van der Waals surface area contributed by atoms with Crippen LogP contribution in [0.25, 0.3) is 6.08 Å². The van der Waals surface area contributed by atoms with E-state index in [1.54, 1.807) is 48.5 Å². The molecule has 0 aliphatic carbocycles. The van der Waals surface area contributed by atoms with E-state index in [1.165, 1.54) is 46.7 Å². The predicted molar refractivity (Wildman–Crippen MR) is 150 cm³/mol. The number of benzene rings is 3. The maximum absolute atomic E-state index is 13.6. The third-order valence-corrected chi connectivity index (χ3v) is 8.34. The van der Waals surface area contributed by atoms with Gasteiger partial charge in [0, 0.05) is 53.8 Å². The first kappa shape index (κ1) is 28.9. The number of methoxy groups -OCH3 is 1. The van der Waals surface area contributed by atoms with Crippen LogP contribution in [0.5, 0.6) is 0 Å². The Balaban J connectivity index is 1.58. The smallest absolute Gasteiger partial charge is 0.337 e. The second-order valence-electron chi connectivity index (χ2n) is 9.13. The van der Waals surface area contributed by atoms with Crippen molar-refractivity contribution in [2.24, 2.45) is 0 Å². The predicted octanol–water partition coefficient (Wildman–Crippen LogP) is 4.75. The normalized spacial score (nSPS) is 15.5. The summed E-state index contributed by atoms with van der Waals surface area (Å²) < 4.78 is 33.3. The number of ether oxygens (including phenoxy) is 1. The van der Waals surface area contributed by atoms with Crippen molar-refractivity contribution in [1.82, 2.24) is 9.21 Å².